The van der Waals surface area contributed by atoms with E-state index in [0.717, 1.165) is 17.0 Å². The number of ketones is 2. The molecule has 0 saturated heterocycles. The Hall–Kier alpha value is -3.93. The van der Waals surface area contributed by atoms with Crippen molar-refractivity contribution in [2.45, 2.75) is 12.8 Å². The molecular weight excluding hydrogens is 404 g/mol. The first-order valence-electron chi connectivity index (χ1n) is 10.3. The van der Waals surface area contributed by atoms with Gasteiger partial charge in [-0.2, -0.15) is 0 Å². The van der Waals surface area contributed by atoms with Crippen molar-refractivity contribution in [3.8, 4) is 11.5 Å². The van der Waals surface area contributed by atoms with Gasteiger partial charge < -0.3 is 14.0 Å². The molecule has 0 aliphatic carbocycles. The van der Waals surface area contributed by atoms with Crippen LogP contribution in [0.3, 0.4) is 0 Å². The lowest BCUT2D eigenvalue weighted by atomic mass is 10.1. The second-order valence-electron chi connectivity index (χ2n) is 7.14. The van der Waals surface area contributed by atoms with Crippen molar-refractivity contribution < 1.29 is 19.1 Å². The van der Waals surface area contributed by atoms with Gasteiger partial charge in [0.15, 0.2) is 11.6 Å². The van der Waals surface area contributed by atoms with Crippen molar-refractivity contribution in [1.82, 2.24) is 9.55 Å². The van der Waals surface area contributed by atoms with E-state index in [1.165, 1.54) is 12.2 Å². The molecule has 0 unspecified atom stereocenters. The highest BCUT2D eigenvalue weighted by molar-refractivity contribution is 6.10. The summed E-state index contributed by atoms with van der Waals surface area (Å²) in [5.41, 5.74) is 2.59. The number of hydrogen-bond acceptors (Lipinski definition) is 5. The fourth-order valence-corrected chi connectivity index (χ4v) is 3.04. The van der Waals surface area contributed by atoms with Gasteiger partial charge in [0, 0.05) is 48.9 Å². The van der Waals surface area contributed by atoms with E-state index in [1.807, 2.05) is 60.3 Å². The number of allylic oxidation sites excluding steroid dienone is 2. The van der Waals surface area contributed by atoms with E-state index in [-0.39, 0.29) is 18.0 Å². The van der Waals surface area contributed by atoms with Gasteiger partial charge in [-0.15, -0.1) is 0 Å². The maximum Gasteiger partial charge on any atom is 0.163 e. The van der Waals surface area contributed by atoms with Crippen LogP contribution >= 0.6 is 0 Å². The molecule has 3 aromatic rings. The maximum atomic E-state index is 12.2. The summed E-state index contributed by atoms with van der Waals surface area (Å²) in [5, 5.41) is 0. The SMILES string of the molecule is COc1cc(OCCc2ccccn2)ccc1/C=C/C(=O)CC(=O)/C=C/c1cccn1C. The van der Waals surface area contributed by atoms with E-state index >= 15 is 0 Å². The molecule has 6 nitrogen and oxygen atoms in total. The number of ether oxygens (including phenoxy) is 2. The van der Waals surface area contributed by atoms with Gasteiger partial charge >= 0.3 is 0 Å². The highest BCUT2D eigenvalue weighted by Gasteiger charge is 2.07. The molecule has 0 fully saturated rings. The number of aryl methyl sites for hydroxylation is 1. The number of carbonyl (C=O) groups is 2. The number of aromatic nitrogens is 2. The first-order chi connectivity index (χ1) is 15.5. The minimum Gasteiger partial charge on any atom is -0.496 e. The Morgan fingerprint density at radius 1 is 1.03 bits per heavy atom. The number of carbonyl (C=O) groups excluding carboxylic acids is 2. The van der Waals surface area contributed by atoms with Crippen LogP contribution in [0.15, 0.2) is 73.1 Å². The summed E-state index contributed by atoms with van der Waals surface area (Å²) in [5.74, 6) is 0.732. The average Bonchev–Trinajstić information content (AvgIpc) is 3.22. The molecule has 6 heteroatoms. The molecular formula is C26H26N2O4. The Bertz CT molecular complexity index is 1110. The Morgan fingerprint density at radius 3 is 2.53 bits per heavy atom. The highest BCUT2D eigenvalue weighted by Crippen LogP contribution is 2.26. The van der Waals surface area contributed by atoms with Crippen molar-refractivity contribution in [3.05, 3.63) is 90.0 Å². The lowest BCUT2D eigenvalue weighted by Gasteiger charge is -2.10. The van der Waals surface area contributed by atoms with Crippen molar-refractivity contribution in [1.29, 1.82) is 0 Å². The van der Waals surface area contributed by atoms with Gasteiger partial charge in [0.25, 0.3) is 0 Å². The number of nitrogens with zero attached hydrogens (tertiary/aromatic N) is 2. The molecule has 0 radical (unpaired) electrons. The normalized spacial score (nSPS) is 11.2. The fraction of sp³-hybridized carbons (Fsp3) is 0.192. The van der Waals surface area contributed by atoms with Crippen LogP contribution < -0.4 is 9.47 Å². The molecule has 2 heterocycles. The van der Waals surface area contributed by atoms with Crippen LogP contribution in [0.5, 0.6) is 11.5 Å². The summed E-state index contributed by atoms with van der Waals surface area (Å²) in [4.78, 5) is 28.5. The summed E-state index contributed by atoms with van der Waals surface area (Å²) in [6, 6.07) is 15.0. The van der Waals surface area contributed by atoms with E-state index in [9.17, 15) is 9.59 Å². The predicted molar refractivity (Wildman–Crippen MR) is 125 cm³/mol. The van der Waals surface area contributed by atoms with Crippen LogP contribution in [0.2, 0.25) is 0 Å². The van der Waals surface area contributed by atoms with Crippen LogP contribution in [0.25, 0.3) is 12.2 Å². The lowest BCUT2D eigenvalue weighted by molar-refractivity contribution is -0.121. The molecule has 0 saturated carbocycles. The third-order valence-electron chi connectivity index (χ3n) is 4.78. The van der Waals surface area contributed by atoms with Crippen molar-refractivity contribution in [2.24, 2.45) is 7.05 Å². The Labute approximate surface area is 187 Å². The van der Waals surface area contributed by atoms with E-state index in [0.29, 0.717) is 24.5 Å². The third-order valence-corrected chi connectivity index (χ3v) is 4.78. The molecule has 3 rings (SSSR count). The van der Waals surface area contributed by atoms with E-state index in [4.69, 9.17) is 9.47 Å². The van der Waals surface area contributed by atoms with Crippen molar-refractivity contribution in [2.75, 3.05) is 13.7 Å². The smallest absolute Gasteiger partial charge is 0.163 e. The van der Waals surface area contributed by atoms with Gasteiger partial charge in [-0.1, -0.05) is 6.07 Å². The Balaban J connectivity index is 1.53. The quantitative estimate of drug-likeness (QED) is 0.335. The number of hydrogen-bond donors (Lipinski definition) is 0. The molecule has 2 aromatic heterocycles. The van der Waals surface area contributed by atoms with Gasteiger partial charge in [-0.25, -0.2) is 0 Å². The van der Waals surface area contributed by atoms with Gasteiger partial charge in [-0.05, 0) is 60.7 Å². The van der Waals surface area contributed by atoms with Crippen LogP contribution in [0.4, 0.5) is 0 Å². The predicted octanol–water partition coefficient (Wildman–Crippen LogP) is 4.31. The molecule has 1 aromatic carbocycles. The van der Waals surface area contributed by atoms with Crippen LogP contribution in [-0.4, -0.2) is 34.8 Å². The largest absolute Gasteiger partial charge is 0.496 e. The Kier molecular flexibility index (Phi) is 8.15. The molecule has 0 bridgehead atoms. The van der Waals surface area contributed by atoms with Gasteiger partial charge in [-0.3, -0.25) is 14.6 Å². The molecule has 164 valence electrons. The van der Waals surface area contributed by atoms with E-state index < -0.39 is 0 Å². The molecule has 0 N–H and O–H groups in total. The Morgan fingerprint density at radius 2 is 1.84 bits per heavy atom. The number of pyridine rings is 1. The van der Waals surface area contributed by atoms with Gasteiger partial charge in [0.2, 0.25) is 0 Å². The van der Waals surface area contributed by atoms with Crippen LogP contribution in [0, 0.1) is 0 Å². The summed E-state index contributed by atoms with van der Waals surface area (Å²) in [6.45, 7) is 0.492. The van der Waals surface area contributed by atoms with Crippen LogP contribution in [-0.2, 0) is 23.1 Å². The second-order valence-corrected chi connectivity index (χ2v) is 7.14. The molecule has 0 aliphatic rings. The monoisotopic (exact) mass is 430 g/mol. The minimum absolute atomic E-state index is 0.186. The van der Waals surface area contributed by atoms with E-state index in [2.05, 4.69) is 4.98 Å². The zero-order chi connectivity index (χ0) is 22.8. The van der Waals surface area contributed by atoms with Crippen molar-refractivity contribution in [3.63, 3.8) is 0 Å². The highest BCUT2D eigenvalue weighted by atomic mass is 16.5. The average molecular weight is 431 g/mol. The molecule has 0 atom stereocenters. The lowest BCUT2D eigenvalue weighted by Crippen LogP contribution is -2.03. The topological polar surface area (TPSA) is 70.4 Å². The number of benzene rings is 1. The first-order valence-corrected chi connectivity index (χ1v) is 10.3. The number of methoxy groups -OCH3 is 1. The molecule has 0 amide bonds. The summed E-state index contributed by atoms with van der Waals surface area (Å²) in [7, 11) is 3.45. The second kappa shape index (κ2) is 11.5. The zero-order valence-corrected chi connectivity index (χ0v) is 18.2. The van der Waals surface area contributed by atoms with E-state index in [1.54, 1.807) is 31.5 Å². The maximum absolute atomic E-state index is 12.2. The summed E-state index contributed by atoms with van der Waals surface area (Å²) < 4.78 is 13.1. The van der Waals surface area contributed by atoms with Gasteiger partial charge in [0.05, 0.1) is 20.1 Å². The third kappa shape index (κ3) is 6.80. The van der Waals surface area contributed by atoms with Gasteiger partial charge in [0.1, 0.15) is 11.5 Å². The molecule has 0 spiro atoms. The summed E-state index contributed by atoms with van der Waals surface area (Å²) in [6.07, 6.45) is 10.3. The fourth-order valence-electron chi connectivity index (χ4n) is 3.04. The minimum atomic E-state index is -0.274. The van der Waals surface area contributed by atoms with Crippen molar-refractivity contribution >= 4 is 23.7 Å². The first kappa shape index (κ1) is 22.7. The number of rotatable bonds is 11. The van der Waals surface area contributed by atoms with Crippen LogP contribution in [0.1, 0.15) is 23.4 Å². The zero-order valence-electron chi connectivity index (χ0n) is 18.2. The molecule has 32 heavy (non-hydrogen) atoms. The standard InChI is InChI=1S/C26H26N2O4/c1-28-16-5-7-22(28)10-12-24(30)18-23(29)11-8-20-9-13-25(19-26(20)31-2)32-17-14-21-6-3-4-15-27-21/h3-13,15-16,19H,14,17-18H2,1-2H3/b11-8+,12-10+. The summed E-state index contributed by atoms with van der Waals surface area (Å²) >= 11 is 0. The molecule has 0 aliphatic heterocycles.